The summed E-state index contributed by atoms with van der Waals surface area (Å²) in [7, 11) is 0. The highest BCUT2D eigenvalue weighted by Gasteiger charge is 2.33. The predicted octanol–water partition coefficient (Wildman–Crippen LogP) is 2.55. The molecule has 4 rings (SSSR count). The van der Waals surface area contributed by atoms with Gasteiger partial charge in [0.15, 0.2) is 0 Å². The van der Waals surface area contributed by atoms with Gasteiger partial charge in [0.25, 0.3) is 11.8 Å². The average molecular weight is 251 g/mol. The Hall–Kier alpha value is -2.16. The maximum absolute atomic E-state index is 12.4. The summed E-state index contributed by atoms with van der Waals surface area (Å²) in [5.41, 5.74) is 3.89. The first-order chi connectivity index (χ1) is 9.22. The first-order valence-electron chi connectivity index (χ1n) is 6.66. The zero-order valence-corrected chi connectivity index (χ0v) is 10.7. The molecule has 1 aliphatic heterocycles. The first-order valence-corrected chi connectivity index (χ1v) is 6.66. The summed E-state index contributed by atoms with van der Waals surface area (Å²) in [5, 5.41) is 2.03. The lowest BCUT2D eigenvalue weighted by Gasteiger charge is -2.26. The van der Waals surface area contributed by atoms with E-state index in [1.807, 2.05) is 31.2 Å². The number of benzene rings is 2. The topological polar surface area (TPSA) is 37.4 Å². The summed E-state index contributed by atoms with van der Waals surface area (Å²) in [4.78, 5) is 26.1. The highest BCUT2D eigenvalue weighted by atomic mass is 16.2. The fourth-order valence-corrected chi connectivity index (χ4v) is 3.36. The van der Waals surface area contributed by atoms with Crippen LogP contribution < -0.4 is 0 Å². The molecule has 0 radical (unpaired) electrons. The van der Waals surface area contributed by atoms with Gasteiger partial charge in [0, 0.05) is 23.1 Å². The van der Waals surface area contributed by atoms with Crippen LogP contribution in [0.3, 0.4) is 0 Å². The molecule has 1 heterocycles. The van der Waals surface area contributed by atoms with Gasteiger partial charge in [-0.05, 0) is 48.4 Å². The lowest BCUT2D eigenvalue weighted by atomic mass is 9.91. The number of carbonyl (C=O) groups is 2. The fraction of sp³-hybridized carbons (Fsp3) is 0.250. The molecular formula is C16H13NO2. The van der Waals surface area contributed by atoms with Crippen LogP contribution in [0.2, 0.25) is 0 Å². The second-order valence-corrected chi connectivity index (χ2v) is 5.15. The molecule has 0 atom stereocenters. The Balaban J connectivity index is 2.18. The Morgan fingerprint density at radius 2 is 1.42 bits per heavy atom. The maximum atomic E-state index is 12.4. The van der Waals surface area contributed by atoms with E-state index in [1.165, 1.54) is 16.0 Å². The lowest BCUT2D eigenvalue weighted by Crippen LogP contribution is -2.40. The third-order valence-electron chi connectivity index (χ3n) is 4.26. The molecular weight excluding hydrogens is 238 g/mol. The van der Waals surface area contributed by atoms with E-state index in [0.717, 1.165) is 23.6 Å². The third-order valence-corrected chi connectivity index (χ3v) is 4.26. The van der Waals surface area contributed by atoms with Gasteiger partial charge in [-0.2, -0.15) is 0 Å². The summed E-state index contributed by atoms with van der Waals surface area (Å²) < 4.78 is 0. The molecule has 0 bridgehead atoms. The van der Waals surface area contributed by atoms with Crippen molar-refractivity contribution in [3.8, 4) is 0 Å². The van der Waals surface area contributed by atoms with E-state index in [1.54, 1.807) is 0 Å². The molecule has 2 aromatic rings. The zero-order valence-electron chi connectivity index (χ0n) is 10.7. The number of nitrogens with zero attached hydrogens (tertiary/aromatic N) is 1. The number of hydrogen-bond acceptors (Lipinski definition) is 2. The molecule has 19 heavy (non-hydrogen) atoms. The van der Waals surface area contributed by atoms with Crippen LogP contribution in [-0.4, -0.2) is 23.3 Å². The highest BCUT2D eigenvalue weighted by Crippen LogP contribution is 2.38. The number of amides is 2. The summed E-state index contributed by atoms with van der Waals surface area (Å²) in [5.74, 6) is -0.314. The minimum Gasteiger partial charge on any atom is -0.275 e. The Morgan fingerprint density at radius 1 is 0.895 bits per heavy atom. The normalized spacial score (nSPS) is 16.6. The van der Waals surface area contributed by atoms with Crippen molar-refractivity contribution in [2.24, 2.45) is 0 Å². The van der Waals surface area contributed by atoms with Crippen molar-refractivity contribution in [3.05, 3.63) is 46.5 Å². The zero-order chi connectivity index (χ0) is 13.1. The Morgan fingerprint density at radius 3 is 1.89 bits per heavy atom. The van der Waals surface area contributed by atoms with Gasteiger partial charge in [-0.15, -0.1) is 0 Å². The number of hydrogen-bond donors (Lipinski definition) is 0. The van der Waals surface area contributed by atoms with E-state index in [-0.39, 0.29) is 11.8 Å². The van der Waals surface area contributed by atoms with Crippen LogP contribution in [-0.2, 0) is 12.8 Å². The SMILES string of the molecule is CCN1C(=O)c2ccc3c4c(ccc(c24)C1=O)CC3. The monoisotopic (exact) mass is 251 g/mol. The van der Waals surface area contributed by atoms with Gasteiger partial charge in [-0.1, -0.05) is 12.1 Å². The van der Waals surface area contributed by atoms with Crippen LogP contribution in [0.1, 0.15) is 38.8 Å². The van der Waals surface area contributed by atoms with Gasteiger partial charge in [0.05, 0.1) is 0 Å². The van der Waals surface area contributed by atoms with Crippen LogP contribution in [0.5, 0.6) is 0 Å². The van der Waals surface area contributed by atoms with Crippen LogP contribution >= 0.6 is 0 Å². The van der Waals surface area contributed by atoms with Gasteiger partial charge < -0.3 is 0 Å². The van der Waals surface area contributed by atoms with Gasteiger partial charge in [0.2, 0.25) is 0 Å². The molecule has 0 spiro atoms. The molecule has 0 unspecified atom stereocenters. The van der Waals surface area contributed by atoms with Gasteiger partial charge in [-0.25, -0.2) is 0 Å². The molecule has 2 aromatic carbocycles. The Labute approximate surface area is 110 Å². The minimum atomic E-state index is -0.157. The van der Waals surface area contributed by atoms with Crippen molar-refractivity contribution < 1.29 is 9.59 Å². The van der Waals surface area contributed by atoms with E-state index in [4.69, 9.17) is 0 Å². The highest BCUT2D eigenvalue weighted by molar-refractivity contribution is 6.26. The van der Waals surface area contributed by atoms with Crippen LogP contribution in [0.15, 0.2) is 24.3 Å². The quantitative estimate of drug-likeness (QED) is 0.730. The standard InChI is InChI=1S/C16H13NO2/c1-2-17-15(18)11-7-5-9-3-4-10-6-8-12(16(17)19)14(11)13(9)10/h5-8H,2-4H2,1H3. The second-order valence-electron chi connectivity index (χ2n) is 5.15. The second kappa shape index (κ2) is 3.44. The summed E-state index contributed by atoms with van der Waals surface area (Å²) in [6, 6.07) is 7.85. The Kier molecular flexibility index (Phi) is 1.94. The van der Waals surface area contributed by atoms with Gasteiger partial charge in [-0.3, -0.25) is 14.5 Å². The van der Waals surface area contributed by atoms with Gasteiger partial charge in [0.1, 0.15) is 0 Å². The molecule has 0 saturated carbocycles. The van der Waals surface area contributed by atoms with Gasteiger partial charge >= 0.3 is 0 Å². The molecule has 2 aliphatic rings. The van der Waals surface area contributed by atoms with Crippen molar-refractivity contribution in [2.45, 2.75) is 19.8 Å². The number of rotatable bonds is 1. The minimum absolute atomic E-state index is 0.157. The average Bonchev–Trinajstić information content (AvgIpc) is 2.84. The van der Waals surface area contributed by atoms with Crippen molar-refractivity contribution >= 4 is 22.6 Å². The lowest BCUT2D eigenvalue weighted by molar-refractivity contribution is 0.0619. The van der Waals surface area contributed by atoms with Crippen molar-refractivity contribution in [2.75, 3.05) is 6.54 Å². The summed E-state index contributed by atoms with van der Waals surface area (Å²) >= 11 is 0. The van der Waals surface area contributed by atoms with E-state index in [2.05, 4.69) is 0 Å². The molecule has 0 aromatic heterocycles. The van der Waals surface area contributed by atoms with Crippen LogP contribution in [0.4, 0.5) is 0 Å². The molecule has 94 valence electrons. The molecule has 2 amide bonds. The van der Waals surface area contributed by atoms with E-state index >= 15 is 0 Å². The largest absolute Gasteiger partial charge is 0.275 e. The van der Waals surface area contributed by atoms with Crippen molar-refractivity contribution in [1.82, 2.24) is 4.90 Å². The van der Waals surface area contributed by atoms with Crippen molar-refractivity contribution in [1.29, 1.82) is 0 Å². The number of carbonyl (C=O) groups excluding carboxylic acids is 2. The van der Waals surface area contributed by atoms with E-state index in [0.29, 0.717) is 17.7 Å². The maximum Gasteiger partial charge on any atom is 0.261 e. The summed E-state index contributed by atoms with van der Waals surface area (Å²) in [6.45, 7) is 2.25. The van der Waals surface area contributed by atoms with Crippen LogP contribution in [0, 0.1) is 0 Å². The molecule has 0 saturated heterocycles. The van der Waals surface area contributed by atoms with E-state index < -0.39 is 0 Å². The summed E-state index contributed by atoms with van der Waals surface area (Å²) in [6.07, 6.45) is 2.02. The molecule has 1 aliphatic carbocycles. The Bertz CT molecular complexity index is 702. The molecule has 0 N–H and O–H groups in total. The molecule has 3 heteroatoms. The predicted molar refractivity (Wildman–Crippen MR) is 72.4 cm³/mol. The fourth-order valence-electron chi connectivity index (χ4n) is 3.36. The van der Waals surface area contributed by atoms with E-state index in [9.17, 15) is 9.59 Å². The third kappa shape index (κ3) is 1.17. The molecule has 3 nitrogen and oxygen atoms in total. The number of aryl methyl sites for hydroxylation is 2. The number of imide groups is 1. The first kappa shape index (κ1) is 10.7. The van der Waals surface area contributed by atoms with Crippen molar-refractivity contribution in [3.63, 3.8) is 0 Å². The smallest absolute Gasteiger partial charge is 0.261 e. The molecule has 0 fully saturated rings. The van der Waals surface area contributed by atoms with Crippen LogP contribution in [0.25, 0.3) is 10.8 Å².